The van der Waals surface area contributed by atoms with Gasteiger partial charge in [-0.3, -0.25) is 4.79 Å². The lowest BCUT2D eigenvalue weighted by Gasteiger charge is -2.24. The van der Waals surface area contributed by atoms with Gasteiger partial charge in [0.25, 0.3) is 5.91 Å². The summed E-state index contributed by atoms with van der Waals surface area (Å²) in [7, 11) is 0. The summed E-state index contributed by atoms with van der Waals surface area (Å²) in [5.74, 6) is -1.85. The van der Waals surface area contributed by atoms with Crippen molar-refractivity contribution in [2.45, 2.75) is 38.5 Å². The van der Waals surface area contributed by atoms with Crippen LogP contribution in [-0.4, -0.2) is 39.7 Å². The minimum Gasteiger partial charge on any atom is -0.390 e. The maximum atomic E-state index is 13.8. The molecule has 1 heterocycles. The van der Waals surface area contributed by atoms with Crippen molar-refractivity contribution in [2.75, 3.05) is 6.54 Å². The Bertz CT molecular complexity index is 1250. The van der Waals surface area contributed by atoms with Gasteiger partial charge in [0.1, 0.15) is 11.6 Å². The number of aromatic nitrogens is 2. The zero-order valence-electron chi connectivity index (χ0n) is 19.4. The van der Waals surface area contributed by atoms with Crippen LogP contribution in [0.5, 0.6) is 0 Å². The summed E-state index contributed by atoms with van der Waals surface area (Å²) in [5, 5.41) is 16.9. The topological polar surface area (TPSA) is 90.0 Å². The molecule has 2 atom stereocenters. The number of hydrogen-bond donors (Lipinski definition) is 4. The fourth-order valence-corrected chi connectivity index (χ4v) is 4.03. The summed E-state index contributed by atoms with van der Waals surface area (Å²) < 4.78 is 27.5. The Labute approximate surface area is 202 Å². The van der Waals surface area contributed by atoms with Crippen LogP contribution in [0, 0.1) is 11.6 Å². The van der Waals surface area contributed by atoms with Gasteiger partial charge < -0.3 is 20.7 Å². The second kappa shape index (κ2) is 11.2. The molecular weight excluding hydrogens is 450 g/mol. The molecular formula is C27H28F2N4O2. The molecule has 0 spiro atoms. The molecule has 6 nitrogen and oxygen atoms in total. The number of rotatable bonds is 10. The molecule has 8 heteroatoms. The first-order chi connectivity index (χ1) is 16.9. The molecule has 0 saturated heterocycles. The minimum atomic E-state index is -1.02. The lowest BCUT2D eigenvalue weighted by molar-refractivity contribution is 0.0821. The average molecular weight is 479 g/mol. The fraction of sp³-hybridized carbons (Fsp3) is 0.259. The third-order valence-electron chi connectivity index (χ3n) is 5.85. The molecule has 0 aliphatic carbocycles. The van der Waals surface area contributed by atoms with Crippen molar-refractivity contribution < 1.29 is 18.7 Å². The Kier molecular flexibility index (Phi) is 7.84. The Morgan fingerprint density at radius 2 is 1.74 bits per heavy atom. The summed E-state index contributed by atoms with van der Waals surface area (Å²) in [6, 6.07) is 17.7. The predicted octanol–water partition coefficient (Wildman–Crippen LogP) is 3.90. The van der Waals surface area contributed by atoms with E-state index in [2.05, 4.69) is 39.7 Å². The van der Waals surface area contributed by atoms with Gasteiger partial charge in [0, 0.05) is 19.2 Å². The molecule has 4 aromatic rings. The second-order valence-corrected chi connectivity index (χ2v) is 8.54. The van der Waals surface area contributed by atoms with Gasteiger partial charge in [-0.1, -0.05) is 43.3 Å². The van der Waals surface area contributed by atoms with Crippen LogP contribution in [0.25, 0.3) is 11.0 Å². The molecule has 1 aromatic heterocycles. The molecule has 182 valence electrons. The van der Waals surface area contributed by atoms with Crippen molar-refractivity contribution in [3.63, 3.8) is 0 Å². The van der Waals surface area contributed by atoms with Crippen LogP contribution in [0.4, 0.5) is 8.78 Å². The lowest BCUT2D eigenvalue weighted by Crippen LogP contribution is -2.49. The quantitative estimate of drug-likeness (QED) is 0.278. The van der Waals surface area contributed by atoms with E-state index in [4.69, 9.17) is 0 Å². The molecule has 0 aliphatic heterocycles. The number of fused-ring (bicyclic) bond motifs is 1. The third-order valence-corrected chi connectivity index (χ3v) is 5.85. The highest BCUT2D eigenvalue weighted by molar-refractivity contribution is 5.94. The largest absolute Gasteiger partial charge is 0.390 e. The molecule has 0 aliphatic rings. The number of halogens is 2. The second-order valence-electron chi connectivity index (χ2n) is 8.54. The van der Waals surface area contributed by atoms with Crippen LogP contribution in [0.3, 0.4) is 0 Å². The average Bonchev–Trinajstić information content (AvgIpc) is 3.28. The maximum absolute atomic E-state index is 13.8. The van der Waals surface area contributed by atoms with Crippen LogP contribution < -0.4 is 10.6 Å². The van der Waals surface area contributed by atoms with Gasteiger partial charge in [-0.2, -0.15) is 0 Å². The third kappa shape index (κ3) is 6.49. The van der Waals surface area contributed by atoms with Gasteiger partial charge in [0.2, 0.25) is 0 Å². The zero-order chi connectivity index (χ0) is 24.8. The lowest BCUT2D eigenvalue weighted by atomic mass is 10.0. The van der Waals surface area contributed by atoms with Gasteiger partial charge in [0.15, 0.2) is 5.82 Å². The van der Waals surface area contributed by atoms with E-state index >= 15 is 0 Å². The number of aryl methyl sites for hydroxylation is 1. The molecule has 35 heavy (non-hydrogen) atoms. The van der Waals surface area contributed by atoms with Crippen molar-refractivity contribution in [3.8, 4) is 0 Å². The zero-order valence-corrected chi connectivity index (χ0v) is 19.4. The van der Waals surface area contributed by atoms with Crippen molar-refractivity contribution in [2.24, 2.45) is 0 Å². The Morgan fingerprint density at radius 1 is 1.00 bits per heavy atom. The number of nitrogens with zero attached hydrogens (tertiary/aromatic N) is 1. The smallest absolute Gasteiger partial charge is 0.287 e. The van der Waals surface area contributed by atoms with Crippen molar-refractivity contribution >= 4 is 16.9 Å². The number of para-hydroxylation sites is 2. The predicted molar refractivity (Wildman–Crippen MR) is 131 cm³/mol. The fourth-order valence-electron chi connectivity index (χ4n) is 4.03. The molecule has 0 radical (unpaired) electrons. The Morgan fingerprint density at radius 3 is 2.49 bits per heavy atom. The summed E-state index contributed by atoms with van der Waals surface area (Å²) in [4.78, 5) is 20.2. The molecule has 0 saturated carbocycles. The number of benzene rings is 3. The summed E-state index contributed by atoms with van der Waals surface area (Å²) in [6.45, 7) is 2.78. The molecule has 4 rings (SSSR count). The van der Waals surface area contributed by atoms with E-state index in [0.717, 1.165) is 18.1 Å². The van der Waals surface area contributed by atoms with E-state index in [1.54, 1.807) is 12.1 Å². The number of aromatic amines is 1. The van der Waals surface area contributed by atoms with E-state index < -0.39 is 29.7 Å². The molecule has 4 N–H and O–H groups in total. The van der Waals surface area contributed by atoms with Gasteiger partial charge in [-0.25, -0.2) is 13.8 Å². The molecule has 3 aromatic carbocycles. The monoisotopic (exact) mass is 478 g/mol. The van der Waals surface area contributed by atoms with Gasteiger partial charge >= 0.3 is 0 Å². The van der Waals surface area contributed by atoms with E-state index in [1.165, 1.54) is 17.7 Å². The number of nitrogens with one attached hydrogen (secondary N) is 3. The van der Waals surface area contributed by atoms with E-state index in [0.29, 0.717) is 23.1 Å². The first kappa shape index (κ1) is 24.5. The number of hydrogen-bond acceptors (Lipinski definition) is 4. The SMILES string of the molecule is CCc1cccc(CNC[C@H](O)[C@H](Cc2cc(F)cc(F)c2)NC(=O)c2nc3ccccc3[nH]2)c1. The summed E-state index contributed by atoms with van der Waals surface area (Å²) in [6.07, 6.45) is -0.0604. The van der Waals surface area contributed by atoms with Crippen LogP contribution in [0.15, 0.2) is 66.7 Å². The number of H-pyrrole nitrogens is 1. The molecule has 0 bridgehead atoms. The standard InChI is InChI=1S/C27H28F2N4O2/c1-2-17-6-5-7-18(10-17)15-30-16-25(34)24(13-19-11-20(28)14-21(29)12-19)33-27(35)26-31-22-8-3-4-9-23(22)32-26/h3-12,14,24-25,30,34H,2,13,15-16H2,1H3,(H,31,32)(H,33,35)/t24-,25-/m0/s1. The van der Waals surface area contributed by atoms with Crippen LogP contribution in [-0.2, 0) is 19.4 Å². The number of aliphatic hydroxyl groups excluding tert-OH is 1. The maximum Gasteiger partial charge on any atom is 0.287 e. The summed E-state index contributed by atoms with van der Waals surface area (Å²) >= 11 is 0. The summed E-state index contributed by atoms with van der Waals surface area (Å²) in [5.41, 5.74) is 3.96. The first-order valence-electron chi connectivity index (χ1n) is 11.6. The van der Waals surface area contributed by atoms with Gasteiger partial charge in [0.05, 0.1) is 23.2 Å². The number of aliphatic hydroxyl groups is 1. The van der Waals surface area contributed by atoms with Crippen LogP contribution in [0.2, 0.25) is 0 Å². The van der Waals surface area contributed by atoms with Crippen molar-refractivity contribution in [3.05, 3.63) is 101 Å². The van der Waals surface area contributed by atoms with Gasteiger partial charge in [-0.05, 0) is 53.8 Å². The molecule has 1 amide bonds. The minimum absolute atomic E-state index is 0.0365. The van der Waals surface area contributed by atoms with E-state index in [9.17, 15) is 18.7 Å². The Balaban J connectivity index is 1.47. The first-order valence-corrected chi connectivity index (χ1v) is 11.6. The highest BCUT2D eigenvalue weighted by atomic mass is 19.1. The van der Waals surface area contributed by atoms with E-state index in [1.807, 2.05) is 24.3 Å². The van der Waals surface area contributed by atoms with Crippen LogP contribution >= 0.6 is 0 Å². The molecule has 0 unspecified atom stereocenters. The van der Waals surface area contributed by atoms with Crippen molar-refractivity contribution in [1.82, 2.24) is 20.6 Å². The molecule has 0 fully saturated rings. The van der Waals surface area contributed by atoms with Crippen LogP contribution in [0.1, 0.15) is 34.2 Å². The highest BCUT2D eigenvalue weighted by Gasteiger charge is 2.24. The number of carbonyl (C=O) groups excluding carboxylic acids is 1. The van der Waals surface area contributed by atoms with E-state index in [-0.39, 0.29) is 18.8 Å². The van der Waals surface area contributed by atoms with Gasteiger partial charge in [-0.15, -0.1) is 0 Å². The Hall–Kier alpha value is -3.62. The number of amides is 1. The number of imidazole rings is 1. The normalized spacial score (nSPS) is 13.0. The van der Waals surface area contributed by atoms with Crippen molar-refractivity contribution in [1.29, 1.82) is 0 Å². The highest BCUT2D eigenvalue weighted by Crippen LogP contribution is 2.14. The number of carbonyl (C=O) groups is 1.